The van der Waals surface area contributed by atoms with E-state index in [2.05, 4.69) is 10.6 Å². The molecule has 6 heteroatoms. The molecule has 0 bridgehead atoms. The van der Waals surface area contributed by atoms with E-state index in [0.717, 1.165) is 19.5 Å². The SMILES string of the molecule is Cl.O=C(NC1CCNC1)c1coc2cc(F)ccc12. The molecule has 1 saturated heterocycles. The van der Waals surface area contributed by atoms with E-state index in [4.69, 9.17) is 4.42 Å². The molecule has 0 spiro atoms. The van der Waals surface area contributed by atoms with Gasteiger partial charge < -0.3 is 15.1 Å². The van der Waals surface area contributed by atoms with E-state index < -0.39 is 0 Å². The first-order chi connectivity index (χ1) is 8.74. The molecular weight excluding hydrogens is 271 g/mol. The van der Waals surface area contributed by atoms with Gasteiger partial charge in [0.1, 0.15) is 17.7 Å². The predicted octanol–water partition coefficient (Wildman–Crippen LogP) is 2.09. The summed E-state index contributed by atoms with van der Waals surface area (Å²) in [5.41, 5.74) is 0.849. The molecule has 1 aliphatic rings. The van der Waals surface area contributed by atoms with Crippen molar-refractivity contribution in [2.45, 2.75) is 12.5 Å². The van der Waals surface area contributed by atoms with Gasteiger partial charge in [-0.3, -0.25) is 4.79 Å². The maximum atomic E-state index is 13.0. The van der Waals surface area contributed by atoms with E-state index in [1.165, 1.54) is 18.4 Å². The van der Waals surface area contributed by atoms with Crippen LogP contribution in [0.3, 0.4) is 0 Å². The fourth-order valence-electron chi connectivity index (χ4n) is 2.22. The highest BCUT2D eigenvalue weighted by molar-refractivity contribution is 6.06. The quantitative estimate of drug-likeness (QED) is 0.888. The lowest BCUT2D eigenvalue weighted by Crippen LogP contribution is -2.36. The van der Waals surface area contributed by atoms with Crippen molar-refractivity contribution in [3.05, 3.63) is 35.8 Å². The van der Waals surface area contributed by atoms with Crippen LogP contribution in [0, 0.1) is 5.82 Å². The number of benzene rings is 1. The van der Waals surface area contributed by atoms with Crippen LogP contribution in [0.5, 0.6) is 0 Å². The van der Waals surface area contributed by atoms with Gasteiger partial charge in [-0.2, -0.15) is 0 Å². The summed E-state index contributed by atoms with van der Waals surface area (Å²) in [7, 11) is 0. The van der Waals surface area contributed by atoms with Gasteiger partial charge in [0.05, 0.1) is 5.56 Å². The summed E-state index contributed by atoms with van der Waals surface area (Å²) in [6, 6.07) is 4.33. The van der Waals surface area contributed by atoms with E-state index >= 15 is 0 Å². The number of furan rings is 1. The van der Waals surface area contributed by atoms with Crippen molar-refractivity contribution < 1.29 is 13.6 Å². The summed E-state index contributed by atoms with van der Waals surface area (Å²) in [4.78, 5) is 12.1. The monoisotopic (exact) mass is 284 g/mol. The minimum absolute atomic E-state index is 0. The van der Waals surface area contributed by atoms with Gasteiger partial charge in [0, 0.05) is 24.0 Å². The van der Waals surface area contributed by atoms with Crippen LogP contribution in [0.4, 0.5) is 4.39 Å². The van der Waals surface area contributed by atoms with Gasteiger partial charge in [0.2, 0.25) is 0 Å². The number of carbonyl (C=O) groups excluding carboxylic acids is 1. The molecule has 1 amide bonds. The number of nitrogens with one attached hydrogen (secondary N) is 2. The molecule has 102 valence electrons. The van der Waals surface area contributed by atoms with Crippen molar-refractivity contribution in [1.29, 1.82) is 0 Å². The van der Waals surface area contributed by atoms with Gasteiger partial charge in [-0.1, -0.05) is 0 Å². The second-order valence-corrected chi connectivity index (χ2v) is 4.45. The number of rotatable bonds is 2. The molecular formula is C13H14ClFN2O2. The number of amides is 1. The summed E-state index contributed by atoms with van der Waals surface area (Å²) >= 11 is 0. The lowest BCUT2D eigenvalue weighted by Gasteiger charge is -2.09. The summed E-state index contributed by atoms with van der Waals surface area (Å²) in [6.45, 7) is 1.71. The molecule has 2 heterocycles. The van der Waals surface area contributed by atoms with Crippen molar-refractivity contribution in [2.24, 2.45) is 0 Å². The van der Waals surface area contributed by atoms with Crippen LogP contribution in [0.25, 0.3) is 11.0 Å². The number of hydrogen-bond donors (Lipinski definition) is 2. The average molecular weight is 285 g/mol. The van der Waals surface area contributed by atoms with E-state index in [-0.39, 0.29) is 30.2 Å². The molecule has 2 aromatic rings. The van der Waals surface area contributed by atoms with Crippen molar-refractivity contribution in [2.75, 3.05) is 13.1 Å². The first kappa shape index (κ1) is 13.8. The molecule has 1 aromatic heterocycles. The average Bonchev–Trinajstić information content (AvgIpc) is 2.97. The standard InChI is InChI=1S/C13H13FN2O2.ClH/c14-8-1-2-10-11(7-18-12(10)5-8)13(17)16-9-3-4-15-6-9;/h1-2,5,7,9,15H,3-4,6H2,(H,16,17);1H. The lowest BCUT2D eigenvalue weighted by molar-refractivity contribution is 0.0941. The molecule has 3 rings (SSSR count). The van der Waals surface area contributed by atoms with Crippen LogP contribution in [-0.2, 0) is 0 Å². The number of carbonyl (C=O) groups is 1. The molecule has 1 aliphatic heterocycles. The van der Waals surface area contributed by atoms with Crippen LogP contribution >= 0.6 is 12.4 Å². The third kappa shape index (κ3) is 2.72. The Hall–Kier alpha value is -1.59. The van der Waals surface area contributed by atoms with Gasteiger partial charge in [0.15, 0.2) is 0 Å². The number of fused-ring (bicyclic) bond motifs is 1. The lowest BCUT2D eigenvalue weighted by atomic mass is 10.1. The van der Waals surface area contributed by atoms with Gasteiger partial charge in [-0.25, -0.2) is 4.39 Å². The van der Waals surface area contributed by atoms with Crippen LogP contribution < -0.4 is 10.6 Å². The minimum atomic E-state index is -0.371. The third-order valence-corrected chi connectivity index (χ3v) is 3.18. The van der Waals surface area contributed by atoms with Crippen LogP contribution in [0.15, 0.2) is 28.9 Å². The highest BCUT2D eigenvalue weighted by atomic mass is 35.5. The third-order valence-electron chi connectivity index (χ3n) is 3.18. The fraction of sp³-hybridized carbons (Fsp3) is 0.308. The van der Waals surface area contributed by atoms with E-state index in [1.807, 2.05) is 0 Å². The van der Waals surface area contributed by atoms with E-state index in [1.54, 1.807) is 6.07 Å². The summed E-state index contributed by atoms with van der Waals surface area (Å²) < 4.78 is 18.2. The molecule has 2 N–H and O–H groups in total. The maximum Gasteiger partial charge on any atom is 0.255 e. The molecule has 1 aromatic carbocycles. The molecule has 0 radical (unpaired) electrons. The first-order valence-corrected chi connectivity index (χ1v) is 5.92. The summed E-state index contributed by atoms with van der Waals surface area (Å²) in [5, 5.41) is 6.75. The van der Waals surface area contributed by atoms with Crippen LogP contribution in [0.2, 0.25) is 0 Å². The molecule has 4 nitrogen and oxygen atoms in total. The van der Waals surface area contributed by atoms with Crippen molar-refractivity contribution in [3.63, 3.8) is 0 Å². The van der Waals surface area contributed by atoms with Crippen molar-refractivity contribution in [3.8, 4) is 0 Å². The van der Waals surface area contributed by atoms with E-state index in [0.29, 0.717) is 16.5 Å². The highest BCUT2D eigenvalue weighted by Gasteiger charge is 2.20. The van der Waals surface area contributed by atoms with Gasteiger partial charge in [0.25, 0.3) is 5.91 Å². The maximum absolute atomic E-state index is 13.0. The van der Waals surface area contributed by atoms with Crippen molar-refractivity contribution >= 4 is 29.3 Å². The Bertz CT molecular complexity index is 593. The minimum Gasteiger partial charge on any atom is -0.463 e. The smallest absolute Gasteiger partial charge is 0.255 e. The topological polar surface area (TPSA) is 54.3 Å². The van der Waals surface area contributed by atoms with Gasteiger partial charge in [-0.05, 0) is 25.1 Å². The molecule has 0 aliphatic carbocycles. The Balaban J connectivity index is 0.00000133. The number of halogens is 2. The summed E-state index contributed by atoms with van der Waals surface area (Å²) in [5.74, 6) is -0.544. The van der Waals surface area contributed by atoms with Crippen LogP contribution in [-0.4, -0.2) is 25.0 Å². The Labute approximate surface area is 115 Å². The zero-order chi connectivity index (χ0) is 12.5. The largest absolute Gasteiger partial charge is 0.463 e. The zero-order valence-electron chi connectivity index (χ0n) is 10.1. The molecule has 1 atom stereocenters. The molecule has 1 fully saturated rings. The molecule has 1 unspecified atom stereocenters. The molecule has 19 heavy (non-hydrogen) atoms. The Morgan fingerprint density at radius 2 is 2.32 bits per heavy atom. The Morgan fingerprint density at radius 1 is 1.47 bits per heavy atom. The molecule has 0 saturated carbocycles. The van der Waals surface area contributed by atoms with Crippen LogP contribution in [0.1, 0.15) is 16.8 Å². The second-order valence-electron chi connectivity index (χ2n) is 4.45. The van der Waals surface area contributed by atoms with Gasteiger partial charge >= 0.3 is 0 Å². The Morgan fingerprint density at radius 3 is 3.05 bits per heavy atom. The highest BCUT2D eigenvalue weighted by Crippen LogP contribution is 2.22. The van der Waals surface area contributed by atoms with E-state index in [9.17, 15) is 9.18 Å². The van der Waals surface area contributed by atoms with Gasteiger partial charge in [-0.15, -0.1) is 12.4 Å². The zero-order valence-corrected chi connectivity index (χ0v) is 10.9. The first-order valence-electron chi connectivity index (χ1n) is 5.92. The van der Waals surface area contributed by atoms with Crippen molar-refractivity contribution in [1.82, 2.24) is 10.6 Å². The number of hydrogen-bond acceptors (Lipinski definition) is 3. The summed E-state index contributed by atoms with van der Waals surface area (Å²) in [6.07, 6.45) is 2.30. The second kappa shape index (κ2) is 5.59. The fourth-order valence-corrected chi connectivity index (χ4v) is 2.22. The Kier molecular flexibility index (Phi) is 4.07. The normalized spacial score (nSPS) is 18.3. The predicted molar refractivity (Wildman–Crippen MR) is 72.2 cm³/mol.